The lowest BCUT2D eigenvalue weighted by molar-refractivity contribution is 0.0474. The largest absolute Gasteiger partial charge is 0.462 e. The summed E-state index contributed by atoms with van der Waals surface area (Å²) >= 11 is 0. The van der Waals surface area contributed by atoms with E-state index in [2.05, 4.69) is 9.97 Å². The maximum atomic E-state index is 12.7. The number of nitrogens with zero attached hydrogens (tertiary/aromatic N) is 4. The van der Waals surface area contributed by atoms with Crippen molar-refractivity contribution in [2.45, 2.75) is 6.92 Å². The Balaban J connectivity index is 2.29. The van der Waals surface area contributed by atoms with Crippen molar-refractivity contribution < 1.29 is 14.3 Å². The van der Waals surface area contributed by atoms with Crippen molar-refractivity contribution in [3.63, 3.8) is 0 Å². The number of likely N-dealkylation sites (N-methyl/N-ethyl adjacent to an activating group) is 2. The van der Waals surface area contributed by atoms with Crippen molar-refractivity contribution in [1.82, 2.24) is 19.8 Å². The van der Waals surface area contributed by atoms with Gasteiger partial charge in [0, 0.05) is 24.8 Å². The third-order valence-corrected chi connectivity index (χ3v) is 3.94. The third-order valence-electron chi connectivity index (χ3n) is 3.94. The van der Waals surface area contributed by atoms with E-state index in [1.807, 2.05) is 69.2 Å². The summed E-state index contributed by atoms with van der Waals surface area (Å²) in [4.78, 5) is 25.2. The van der Waals surface area contributed by atoms with Crippen LogP contribution in [0.25, 0.3) is 11.1 Å². The molecule has 2 rings (SSSR count). The standard InChI is InChI=1S/C20H28N4O3/c1-15-8-6-7-9-16(15)17-14-21-20(27-13-11-24(4)5)22-18(17)19(25)26-12-10-23(2)3/h6-9,14H,10-13H2,1-5H3. The number of aromatic nitrogens is 2. The molecule has 0 aliphatic rings. The van der Waals surface area contributed by atoms with Crippen molar-refractivity contribution in [3.05, 3.63) is 41.7 Å². The molecule has 7 nitrogen and oxygen atoms in total. The lowest BCUT2D eigenvalue weighted by Gasteiger charge is -2.14. The van der Waals surface area contributed by atoms with E-state index < -0.39 is 5.97 Å². The van der Waals surface area contributed by atoms with Gasteiger partial charge in [-0.3, -0.25) is 0 Å². The van der Waals surface area contributed by atoms with E-state index in [9.17, 15) is 4.79 Å². The molecule has 2 aromatic rings. The van der Waals surface area contributed by atoms with E-state index in [1.54, 1.807) is 6.20 Å². The molecule has 0 atom stereocenters. The third kappa shape index (κ3) is 6.30. The van der Waals surface area contributed by atoms with E-state index in [4.69, 9.17) is 9.47 Å². The molecule has 0 fully saturated rings. The molecule has 0 N–H and O–H groups in total. The zero-order valence-electron chi connectivity index (χ0n) is 16.7. The molecule has 27 heavy (non-hydrogen) atoms. The Hall–Kier alpha value is -2.51. The minimum absolute atomic E-state index is 0.175. The first-order valence-corrected chi connectivity index (χ1v) is 8.91. The van der Waals surface area contributed by atoms with Gasteiger partial charge in [-0.15, -0.1) is 0 Å². The summed E-state index contributed by atoms with van der Waals surface area (Å²) in [6.07, 6.45) is 1.63. The Morgan fingerprint density at radius 1 is 1.00 bits per heavy atom. The highest BCUT2D eigenvalue weighted by Crippen LogP contribution is 2.27. The SMILES string of the molecule is Cc1ccccc1-c1cnc(OCCN(C)C)nc1C(=O)OCCN(C)C. The van der Waals surface area contributed by atoms with Crippen LogP contribution in [0.3, 0.4) is 0 Å². The average molecular weight is 372 g/mol. The summed E-state index contributed by atoms with van der Waals surface area (Å²) in [5.74, 6) is -0.477. The highest BCUT2D eigenvalue weighted by atomic mass is 16.5. The fraction of sp³-hybridized carbons (Fsp3) is 0.450. The van der Waals surface area contributed by atoms with E-state index in [1.165, 1.54) is 0 Å². The van der Waals surface area contributed by atoms with Crippen molar-refractivity contribution in [2.24, 2.45) is 0 Å². The number of rotatable bonds is 9. The molecule has 0 unspecified atom stereocenters. The molecule has 1 aromatic carbocycles. The number of aryl methyl sites for hydroxylation is 1. The zero-order chi connectivity index (χ0) is 19.8. The van der Waals surface area contributed by atoms with Gasteiger partial charge >= 0.3 is 12.0 Å². The van der Waals surface area contributed by atoms with E-state index in [0.717, 1.165) is 17.7 Å². The summed E-state index contributed by atoms with van der Waals surface area (Å²) in [5.41, 5.74) is 2.79. The predicted octanol–water partition coefficient (Wildman–Crippen LogP) is 2.11. The second kappa shape index (κ2) is 9.99. The lowest BCUT2D eigenvalue weighted by Crippen LogP contribution is -2.22. The van der Waals surface area contributed by atoms with Crippen LogP contribution in [0.4, 0.5) is 0 Å². The van der Waals surface area contributed by atoms with Gasteiger partial charge in [0.15, 0.2) is 5.69 Å². The molecule has 0 saturated carbocycles. The van der Waals surface area contributed by atoms with Gasteiger partial charge in [-0.05, 0) is 46.2 Å². The Morgan fingerprint density at radius 2 is 1.67 bits per heavy atom. The monoisotopic (exact) mass is 372 g/mol. The highest BCUT2D eigenvalue weighted by Gasteiger charge is 2.20. The number of carbonyl (C=O) groups excluding carboxylic acids is 1. The van der Waals surface area contributed by atoms with Crippen molar-refractivity contribution in [3.8, 4) is 17.1 Å². The maximum Gasteiger partial charge on any atom is 0.357 e. The fourth-order valence-electron chi connectivity index (χ4n) is 2.37. The minimum Gasteiger partial charge on any atom is -0.462 e. The fourth-order valence-corrected chi connectivity index (χ4v) is 2.37. The normalized spacial score (nSPS) is 11.1. The smallest absolute Gasteiger partial charge is 0.357 e. The molecule has 0 aliphatic carbocycles. The highest BCUT2D eigenvalue weighted by molar-refractivity contribution is 5.95. The first kappa shape index (κ1) is 20.8. The summed E-state index contributed by atoms with van der Waals surface area (Å²) < 4.78 is 11.0. The Bertz CT molecular complexity index is 763. The first-order chi connectivity index (χ1) is 12.9. The van der Waals surface area contributed by atoms with Crippen LogP contribution in [0.5, 0.6) is 6.01 Å². The van der Waals surface area contributed by atoms with Gasteiger partial charge in [0.2, 0.25) is 0 Å². The predicted molar refractivity (Wildman–Crippen MR) is 105 cm³/mol. The number of hydrogen-bond acceptors (Lipinski definition) is 7. The Labute approximate surface area is 160 Å². The van der Waals surface area contributed by atoms with Gasteiger partial charge in [0.25, 0.3) is 0 Å². The molecule has 0 spiro atoms. The average Bonchev–Trinajstić information content (AvgIpc) is 2.61. The Kier molecular flexibility index (Phi) is 7.69. The van der Waals surface area contributed by atoms with Gasteiger partial charge < -0.3 is 19.3 Å². The molecule has 0 aliphatic heterocycles. The van der Waals surface area contributed by atoms with E-state index in [-0.39, 0.29) is 11.7 Å². The van der Waals surface area contributed by atoms with Crippen molar-refractivity contribution in [2.75, 3.05) is 54.5 Å². The van der Waals surface area contributed by atoms with Crippen LogP contribution in [-0.2, 0) is 4.74 Å². The van der Waals surface area contributed by atoms with Crippen LogP contribution in [0.1, 0.15) is 16.1 Å². The Morgan fingerprint density at radius 3 is 2.33 bits per heavy atom. The minimum atomic E-state index is -0.477. The number of hydrogen-bond donors (Lipinski definition) is 0. The van der Waals surface area contributed by atoms with Crippen LogP contribution in [0, 0.1) is 6.92 Å². The summed E-state index contributed by atoms with van der Waals surface area (Å²) in [6.45, 7) is 4.08. The second-order valence-corrected chi connectivity index (χ2v) is 6.82. The number of ether oxygens (including phenoxy) is 2. The van der Waals surface area contributed by atoms with Gasteiger partial charge in [0.1, 0.15) is 13.2 Å². The van der Waals surface area contributed by atoms with Gasteiger partial charge in [-0.25, -0.2) is 9.78 Å². The quantitative estimate of drug-likeness (QED) is 0.625. The van der Waals surface area contributed by atoms with Crippen LogP contribution in [0.15, 0.2) is 30.5 Å². The molecular formula is C20H28N4O3. The van der Waals surface area contributed by atoms with Crippen LogP contribution in [-0.4, -0.2) is 80.2 Å². The van der Waals surface area contributed by atoms with Gasteiger partial charge in [0.05, 0.1) is 0 Å². The second-order valence-electron chi connectivity index (χ2n) is 6.82. The lowest BCUT2D eigenvalue weighted by atomic mass is 10.0. The topological polar surface area (TPSA) is 67.8 Å². The zero-order valence-corrected chi connectivity index (χ0v) is 16.7. The molecule has 1 aromatic heterocycles. The molecule has 146 valence electrons. The van der Waals surface area contributed by atoms with Crippen LogP contribution >= 0.6 is 0 Å². The van der Waals surface area contributed by atoms with E-state index >= 15 is 0 Å². The molecule has 0 bridgehead atoms. The summed E-state index contributed by atoms with van der Waals surface area (Å²) in [6, 6.07) is 7.97. The molecular weight excluding hydrogens is 344 g/mol. The van der Waals surface area contributed by atoms with Gasteiger partial charge in [-0.2, -0.15) is 4.98 Å². The van der Waals surface area contributed by atoms with Crippen molar-refractivity contribution >= 4 is 5.97 Å². The molecule has 0 amide bonds. The maximum absolute atomic E-state index is 12.7. The van der Waals surface area contributed by atoms with Crippen LogP contribution < -0.4 is 4.74 Å². The van der Waals surface area contributed by atoms with Crippen molar-refractivity contribution in [1.29, 1.82) is 0 Å². The molecule has 0 radical (unpaired) electrons. The van der Waals surface area contributed by atoms with E-state index in [0.29, 0.717) is 25.3 Å². The molecule has 0 saturated heterocycles. The summed E-state index contributed by atoms with van der Waals surface area (Å²) in [5, 5.41) is 0. The number of benzene rings is 1. The molecule has 7 heteroatoms. The number of esters is 1. The molecule has 1 heterocycles. The number of carbonyl (C=O) groups is 1. The first-order valence-electron chi connectivity index (χ1n) is 8.91. The summed E-state index contributed by atoms with van der Waals surface area (Å²) in [7, 11) is 7.76. The van der Waals surface area contributed by atoms with Crippen LogP contribution in [0.2, 0.25) is 0 Å². The van der Waals surface area contributed by atoms with Gasteiger partial charge in [-0.1, -0.05) is 24.3 Å².